The molecule has 2 N–H and O–H groups in total. The van der Waals surface area contributed by atoms with Crippen LogP contribution in [0.5, 0.6) is 0 Å². The molecule has 0 spiro atoms. The first-order valence-corrected chi connectivity index (χ1v) is 8.34. The van der Waals surface area contributed by atoms with Crippen LogP contribution >= 0.6 is 0 Å². The topological polar surface area (TPSA) is 61.8 Å². The van der Waals surface area contributed by atoms with Gasteiger partial charge in [-0.05, 0) is 57.5 Å². The molecule has 122 valence electrons. The Hall–Kier alpha value is -0.650. The Balaban J connectivity index is 1.75. The van der Waals surface area contributed by atoms with Crippen molar-refractivity contribution in [1.29, 1.82) is 0 Å². The van der Waals surface area contributed by atoms with Crippen molar-refractivity contribution >= 4 is 5.91 Å². The lowest BCUT2D eigenvalue weighted by atomic mass is 9.76. The second-order valence-corrected chi connectivity index (χ2v) is 6.60. The minimum Gasteiger partial charge on any atom is -0.396 e. The van der Waals surface area contributed by atoms with Crippen LogP contribution in [0.4, 0.5) is 0 Å². The number of nitrogens with one attached hydrogen (secondary N) is 1. The average Bonchev–Trinajstić information content (AvgIpc) is 3.05. The smallest absolute Gasteiger partial charge is 0.237 e. The van der Waals surface area contributed by atoms with E-state index in [1.807, 2.05) is 6.92 Å². The maximum atomic E-state index is 12.2. The van der Waals surface area contributed by atoms with Gasteiger partial charge in [-0.25, -0.2) is 0 Å². The predicted octanol–water partition coefficient (Wildman–Crippen LogP) is 1.15. The van der Waals surface area contributed by atoms with Crippen molar-refractivity contribution in [1.82, 2.24) is 10.2 Å². The van der Waals surface area contributed by atoms with E-state index in [2.05, 4.69) is 17.1 Å². The SMILES string of the molecule is CCC1(CO)CCN(C(C)C(=O)NCC2CCCO2)CC1. The fourth-order valence-electron chi connectivity index (χ4n) is 3.34. The molecule has 2 saturated heterocycles. The highest BCUT2D eigenvalue weighted by atomic mass is 16.5. The molecule has 2 fully saturated rings. The van der Waals surface area contributed by atoms with Crippen LogP contribution < -0.4 is 5.32 Å². The number of hydrogen-bond acceptors (Lipinski definition) is 4. The van der Waals surface area contributed by atoms with Gasteiger partial charge >= 0.3 is 0 Å². The number of ether oxygens (including phenoxy) is 1. The Kier molecular flexibility index (Phi) is 6.02. The second-order valence-electron chi connectivity index (χ2n) is 6.60. The highest BCUT2D eigenvalue weighted by Gasteiger charge is 2.35. The van der Waals surface area contributed by atoms with Crippen LogP contribution in [-0.2, 0) is 9.53 Å². The molecule has 0 aromatic rings. The Labute approximate surface area is 128 Å². The summed E-state index contributed by atoms with van der Waals surface area (Å²) in [6.45, 7) is 7.62. The second kappa shape index (κ2) is 7.56. The molecule has 2 heterocycles. The van der Waals surface area contributed by atoms with Crippen LogP contribution in [-0.4, -0.2) is 60.9 Å². The summed E-state index contributed by atoms with van der Waals surface area (Å²) in [5.74, 6) is 0.0958. The molecule has 5 heteroatoms. The summed E-state index contributed by atoms with van der Waals surface area (Å²) >= 11 is 0. The molecule has 21 heavy (non-hydrogen) atoms. The zero-order valence-corrected chi connectivity index (χ0v) is 13.4. The average molecular weight is 298 g/mol. The van der Waals surface area contributed by atoms with Gasteiger partial charge in [-0.15, -0.1) is 0 Å². The molecule has 2 rings (SSSR count). The van der Waals surface area contributed by atoms with Crippen LogP contribution in [0.3, 0.4) is 0 Å². The number of carbonyl (C=O) groups is 1. The van der Waals surface area contributed by atoms with Crippen LogP contribution in [0.1, 0.15) is 46.0 Å². The largest absolute Gasteiger partial charge is 0.396 e. The number of likely N-dealkylation sites (tertiary alicyclic amines) is 1. The third-order valence-corrected chi connectivity index (χ3v) is 5.40. The number of aliphatic hydroxyl groups is 1. The molecule has 0 aliphatic carbocycles. The first-order valence-electron chi connectivity index (χ1n) is 8.34. The fourth-order valence-corrected chi connectivity index (χ4v) is 3.34. The van der Waals surface area contributed by atoms with Gasteiger partial charge in [0.1, 0.15) is 0 Å². The van der Waals surface area contributed by atoms with Gasteiger partial charge in [-0.3, -0.25) is 9.69 Å². The Morgan fingerprint density at radius 2 is 2.19 bits per heavy atom. The monoisotopic (exact) mass is 298 g/mol. The summed E-state index contributed by atoms with van der Waals surface area (Å²) in [6.07, 6.45) is 5.31. The number of aliphatic hydroxyl groups excluding tert-OH is 1. The lowest BCUT2D eigenvalue weighted by Crippen LogP contribution is -2.51. The van der Waals surface area contributed by atoms with Gasteiger partial charge in [-0.2, -0.15) is 0 Å². The first-order chi connectivity index (χ1) is 10.1. The minimum absolute atomic E-state index is 0.0738. The zero-order chi connectivity index (χ0) is 15.3. The normalized spacial score (nSPS) is 27.5. The third kappa shape index (κ3) is 4.18. The minimum atomic E-state index is -0.0973. The zero-order valence-electron chi connectivity index (χ0n) is 13.4. The molecule has 2 unspecified atom stereocenters. The summed E-state index contributed by atoms with van der Waals surface area (Å²) in [5.41, 5.74) is 0.0738. The maximum Gasteiger partial charge on any atom is 0.237 e. The summed E-state index contributed by atoms with van der Waals surface area (Å²) in [4.78, 5) is 14.5. The molecular weight excluding hydrogens is 268 g/mol. The van der Waals surface area contributed by atoms with Gasteiger partial charge in [0.15, 0.2) is 0 Å². The number of carbonyl (C=O) groups excluding carboxylic acids is 1. The van der Waals surface area contributed by atoms with Crippen LogP contribution in [0.2, 0.25) is 0 Å². The molecule has 1 amide bonds. The third-order valence-electron chi connectivity index (χ3n) is 5.40. The van der Waals surface area contributed by atoms with E-state index in [1.54, 1.807) is 0 Å². The Morgan fingerprint density at radius 3 is 2.71 bits per heavy atom. The maximum absolute atomic E-state index is 12.2. The quantitative estimate of drug-likeness (QED) is 0.772. The molecule has 0 aromatic carbocycles. The predicted molar refractivity (Wildman–Crippen MR) is 82.1 cm³/mol. The molecule has 2 aliphatic rings. The molecule has 2 aliphatic heterocycles. The van der Waals surface area contributed by atoms with Gasteiger partial charge in [0.2, 0.25) is 5.91 Å². The van der Waals surface area contributed by atoms with Crippen LogP contribution in [0, 0.1) is 5.41 Å². The number of rotatable bonds is 6. The van der Waals surface area contributed by atoms with E-state index in [-0.39, 0.29) is 30.1 Å². The molecule has 2 atom stereocenters. The van der Waals surface area contributed by atoms with E-state index in [4.69, 9.17) is 4.74 Å². The van der Waals surface area contributed by atoms with Gasteiger partial charge in [0.25, 0.3) is 0 Å². The first kappa shape index (κ1) is 16.7. The van der Waals surface area contributed by atoms with Crippen molar-refractivity contribution in [2.45, 2.75) is 58.1 Å². The summed E-state index contributed by atoms with van der Waals surface area (Å²) in [7, 11) is 0. The number of piperidine rings is 1. The van der Waals surface area contributed by atoms with Crippen molar-refractivity contribution in [2.24, 2.45) is 5.41 Å². The molecule has 0 bridgehead atoms. The Morgan fingerprint density at radius 1 is 1.48 bits per heavy atom. The van der Waals surface area contributed by atoms with Gasteiger partial charge < -0.3 is 15.2 Å². The standard InChI is InChI=1S/C16H30N2O3/c1-3-16(12-19)6-8-18(9-7-16)13(2)15(20)17-11-14-5-4-10-21-14/h13-14,19H,3-12H2,1-2H3,(H,17,20). The van der Waals surface area contributed by atoms with Crippen molar-refractivity contribution in [2.75, 3.05) is 32.8 Å². The summed E-state index contributed by atoms with van der Waals surface area (Å²) in [5, 5.41) is 12.6. The highest BCUT2D eigenvalue weighted by Crippen LogP contribution is 2.34. The molecule has 0 radical (unpaired) electrons. The van der Waals surface area contributed by atoms with E-state index in [1.165, 1.54) is 0 Å². The van der Waals surface area contributed by atoms with Crippen molar-refractivity contribution in [3.05, 3.63) is 0 Å². The lowest BCUT2D eigenvalue weighted by molar-refractivity contribution is -0.127. The van der Waals surface area contributed by atoms with Gasteiger partial charge in [0.05, 0.1) is 12.1 Å². The fraction of sp³-hybridized carbons (Fsp3) is 0.938. The van der Waals surface area contributed by atoms with E-state index < -0.39 is 0 Å². The van der Waals surface area contributed by atoms with E-state index >= 15 is 0 Å². The van der Waals surface area contributed by atoms with Crippen molar-refractivity contribution in [3.63, 3.8) is 0 Å². The highest BCUT2D eigenvalue weighted by molar-refractivity contribution is 5.81. The Bertz CT molecular complexity index is 328. The molecular formula is C16H30N2O3. The van der Waals surface area contributed by atoms with Crippen LogP contribution in [0.25, 0.3) is 0 Å². The van der Waals surface area contributed by atoms with E-state index in [9.17, 15) is 9.90 Å². The number of amides is 1. The number of hydrogen-bond donors (Lipinski definition) is 2. The van der Waals surface area contributed by atoms with E-state index in [0.717, 1.165) is 51.8 Å². The summed E-state index contributed by atoms with van der Waals surface area (Å²) < 4.78 is 5.53. The van der Waals surface area contributed by atoms with E-state index in [0.29, 0.717) is 6.54 Å². The van der Waals surface area contributed by atoms with Gasteiger partial charge in [0, 0.05) is 19.8 Å². The summed E-state index contributed by atoms with van der Waals surface area (Å²) in [6, 6.07) is -0.0973. The molecule has 0 aromatic heterocycles. The molecule has 5 nitrogen and oxygen atoms in total. The lowest BCUT2D eigenvalue weighted by Gasteiger charge is -2.42. The van der Waals surface area contributed by atoms with Crippen molar-refractivity contribution in [3.8, 4) is 0 Å². The van der Waals surface area contributed by atoms with Crippen molar-refractivity contribution < 1.29 is 14.6 Å². The van der Waals surface area contributed by atoms with Crippen LogP contribution in [0.15, 0.2) is 0 Å². The van der Waals surface area contributed by atoms with Gasteiger partial charge in [-0.1, -0.05) is 6.92 Å². The molecule has 0 saturated carbocycles. The number of nitrogens with zero attached hydrogens (tertiary/aromatic N) is 1.